The van der Waals surface area contributed by atoms with Crippen molar-refractivity contribution in [1.29, 1.82) is 0 Å². The predicted molar refractivity (Wildman–Crippen MR) is 80.8 cm³/mol. The van der Waals surface area contributed by atoms with Crippen molar-refractivity contribution >= 4 is 5.95 Å². The van der Waals surface area contributed by atoms with Crippen LogP contribution in [0.1, 0.15) is 18.4 Å². The van der Waals surface area contributed by atoms with Gasteiger partial charge in [-0.05, 0) is 50.6 Å². The molecule has 0 spiro atoms. The Kier molecular flexibility index (Phi) is 3.88. The smallest absolute Gasteiger partial charge is 0.245 e. The van der Waals surface area contributed by atoms with Crippen LogP contribution in [0.5, 0.6) is 0 Å². The standard InChI is InChI=1S/C15H20FN5/c1-10-7-11(9-12(16)8-10)14-18-15(20-19-14)21-5-3-13(17-2)4-6-21/h7-9,13,17H,3-6H2,1-2H3,(H,18,19,20). The van der Waals surface area contributed by atoms with Gasteiger partial charge in [-0.1, -0.05) is 0 Å². The molecule has 1 saturated heterocycles. The minimum atomic E-state index is -0.252. The van der Waals surface area contributed by atoms with Gasteiger partial charge in [-0.2, -0.15) is 4.98 Å². The summed E-state index contributed by atoms with van der Waals surface area (Å²) in [5.41, 5.74) is 1.61. The van der Waals surface area contributed by atoms with E-state index in [1.165, 1.54) is 12.1 Å². The molecule has 0 radical (unpaired) electrons. The third kappa shape index (κ3) is 3.05. The van der Waals surface area contributed by atoms with E-state index in [9.17, 15) is 4.39 Å². The van der Waals surface area contributed by atoms with E-state index < -0.39 is 0 Å². The highest BCUT2D eigenvalue weighted by molar-refractivity contribution is 5.57. The van der Waals surface area contributed by atoms with Crippen molar-refractivity contribution in [2.24, 2.45) is 0 Å². The van der Waals surface area contributed by atoms with Gasteiger partial charge in [-0.25, -0.2) is 4.39 Å². The summed E-state index contributed by atoms with van der Waals surface area (Å²) in [5.74, 6) is 1.06. The van der Waals surface area contributed by atoms with Gasteiger partial charge < -0.3 is 10.2 Å². The maximum absolute atomic E-state index is 13.5. The largest absolute Gasteiger partial charge is 0.339 e. The van der Waals surface area contributed by atoms with E-state index in [0.717, 1.165) is 37.1 Å². The molecule has 2 heterocycles. The van der Waals surface area contributed by atoms with E-state index >= 15 is 0 Å². The summed E-state index contributed by atoms with van der Waals surface area (Å²) < 4.78 is 13.5. The first-order valence-electron chi connectivity index (χ1n) is 7.28. The zero-order valence-electron chi connectivity index (χ0n) is 12.4. The molecule has 2 N–H and O–H groups in total. The summed E-state index contributed by atoms with van der Waals surface area (Å²) in [5, 5.41) is 10.5. The van der Waals surface area contributed by atoms with Crippen LogP contribution in [0, 0.1) is 12.7 Å². The van der Waals surface area contributed by atoms with Crippen molar-refractivity contribution in [3.63, 3.8) is 0 Å². The third-order valence-electron chi connectivity index (χ3n) is 3.98. The number of nitrogens with one attached hydrogen (secondary N) is 2. The van der Waals surface area contributed by atoms with E-state index in [2.05, 4.69) is 25.4 Å². The second-order valence-corrected chi connectivity index (χ2v) is 5.55. The molecule has 21 heavy (non-hydrogen) atoms. The molecule has 0 atom stereocenters. The minimum Gasteiger partial charge on any atom is -0.339 e. The zero-order valence-corrected chi connectivity index (χ0v) is 12.4. The van der Waals surface area contributed by atoms with Crippen LogP contribution in [0.3, 0.4) is 0 Å². The van der Waals surface area contributed by atoms with Crippen LogP contribution in [0.2, 0.25) is 0 Å². The zero-order chi connectivity index (χ0) is 14.8. The molecule has 2 aromatic rings. The molecular formula is C15H20FN5. The maximum Gasteiger partial charge on any atom is 0.245 e. The molecule has 1 aromatic carbocycles. The summed E-state index contributed by atoms with van der Waals surface area (Å²) >= 11 is 0. The van der Waals surface area contributed by atoms with E-state index in [1.54, 1.807) is 0 Å². The second kappa shape index (κ2) is 5.81. The first-order valence-corrected chi connectivity index (χ1v) is 7.28. The van der Waals surface area contributed by atoms with Gasteiger partial charge in [0, 0.05) is 24.7 Å². The third-order valence-corrected chi connectivity index (χ3v) is 3.98. The molecular weight excluding hydrogens is 269 g/mol. The summed E-state index contributed by atoms with van der Waals surface area (Å²) in [7, 11) is 2.00. The lowest BCUT2D eigenvalue weighted by atomic mass is 10.1. The summed E-state index contributed by atoms with van der Waals surface area (Å²) in [6.45, 7) is 3.74. The molecule has 0 saturated carbocycles. The average Bonchev–Trinajstić information content (AvgIpc) is 2.96. The fourth-order valence-electron chi connectivity index (χ4n) is 2.76. The van der Waals surface area contributed by atoms with Gasteiger partial charge in [-0.3, -0.25) is 5.10 Å². The van der Waals surface area contributed by atoms with E-state index in [0.29, 0.717) is 17.8 Å². The number of benzene rings is 1. The predicted octanol–water partition coefficient (Wildman–Crippen LogP) is 2.11. The van der Waals surface area contributed by atoms with Gasteiger partial charge in [-0.15, -0.1) is 5.10 Å². The number of rotatable bonds is 3. The maximum atomic E-state index is 13.5. The Labute approximate surface area is 123 Å². The Morgan fingerprint density at radius 3 is 2.71 bits per heavy atom. The van der Waals surface area contributed by atoms with E-state index in [1.807, 2.05) is 20.0 Å². The number of piperidine rings is 1. The fourth-order valence-corrected chi connectivity index (χ4v) is 2.76. The highest BCUT2D eigenvalue weighted by Crippen LogP contribution is 2.22. The lowest BCUT2D eigenvalue weighted by molar-refractivity contribution is 0.439. The van der Waals surface area contributed by atoms with Crippen LogP contribution in [-0.2, 0) is 0 Å². The molecule has 1 aliphatic rings. The van der Waals surface area contributed by atoms with Gasteiger partial charge in [0.15, 0.2) is 5.82 Å². The lowest BCUT2D eigenvalue weighted by Crippen LogP contribution is -2.41. The number of aromatic amines is 1. The minimum absolute atomic E-state index is 0.252. The second-order valence-electron chi connectivity index (χ2n) is 5.55. The number of hydrogen-bond acceptors (Lipinski definition) is 4. The van der Waals surface area contributed by atoms with Crippen molar-refractivity contribution in [1.82, 2.24) is 20.5 Å². The molecule has 1 fully saturated rings. The Bertz CT molecular complexity index is 596. The van der Waals surface area contributed by atoms with Gasteiger partial charge in [0.2, 0.25) is 5.95 Å². The van der Waals surface area contributed by atoms with Crippen molar-refractivity contribution in [3.8, 4) is 11.4 Å². The van der Waals surface area contributed by atoms with Crippen LogP contribution in [-0.4, -0.2) is 41.4 Å². The Hall–Kier alpha value is -1.95. The number of anilines is 1. The number of aryl methyl sites for hydroxylation is 1. The summed E-state index contributed by atoms with van der Waals surface area (Å²) in [4.78, 5) is 6.68. The average molecular weight is 289 g/mol. The molecule has 5 nitrogen and oxygen atoms in total. The molecule has 1 aliphatic heterocycles. The van der Waals surface area contributed by atoms with Crippen molar-refractivity contribution in [2.45, 2.75) is 25.8 Å². The van der Waals surface area contributed by atoms with Crippen molar-refractivity contribution in [2.75, 3.05) is 25.0 Å². The Morgan fingerprint density at radius 1 is 1.29 bits per heavy atom. The van der Waals surface area contributed by atoms with Crippen LogP contribution in [0.4, 0.5) is 10.3 Å². The number of H-pyrrole nitrogens is 1. The highest BCUT2D eigenvalue weighted by atomic mass is 19.1. The fraction of sp³-hybridized carbons (Fsp3) is 0.467. The quantitative estimate of drug-likeness (QED) is 0.908. The number of aromatic nitrogens is 3. The normalized spacial score (nSPS) is 16.4. The highest BCUT2D eigenvalue weighted by Gasteiger charge is 2.21. The molecule has 0 unspecified atom stereocenters. The van der Waals surface area contributed by atoms with E-state index in [4.69, 9.17) is 0 Å². The van der Waals surface area contributed by atoms with Gasteiger partial charge in [0.1, 0.15) is 5.82 Å². The van der Waals surface area contributed by atoms with Crippen LogP contribution in [0.15, 0.2) is 18.2 Å². The summed E-state index contributed by atoms with van der Waals surface area (Å²) in [6.07, 6.45) is 2.17. The molecule has 0 amide bonds. The first-order chi connectivity index (χ1) is 10.2. The van der Waals surface area contributed by atoms with Crippen molar-refractivity contribution in [3.05, 3.63) is 29.6 Å². The van der Waals surface area contributed by atoms with Gasteiger partial charge in [0.05, 0.1) is 0 Å². The van der Waals surface area contributed by atoms with Crippen molar-refractivity contribution < 1.29 is 4.39 Å². The molecule has 3 rings (SSSR count). The molecule has 1 aromatic heterocycles. The SMILES string of the molecule is CNC1CCN(c2n[nH]c(-c3cc(C)cc(F)c3)n2)CC1. The molecule has 6 heteroatoms. The van der Waals surface area contributed by atoms with Gasteiger partial charge >= 0.3 is 0 Å². The molecule has 112 valence electrons. The van der Waals surface area contributed by atoms with Crippen LogP contribution in [0.25, 0.3) is 11.4 Å². The Morgan fingerprint density at radius 2 is 2.05 bits per heavy atom. The topological polar surface area (TPSA) is 56.8 Å². The summed E-state index contributed by atoms with van der Waals surface area (Å²) in [6, 6.07) is 5.46. The Balaban J connectivity index is 1.77. The van der Waals surface area contributed by atoms with Crippen LogP contribution >= 0.6 is 0 Å². The first kappa shape index (κ1) is 14.0. The van der Waals surface area contributed by atoms with E-state index in [-0.39, 0.29) is 5.82 Å². The molecule has 0 aliphatic carbocycles. The number of halogens is 1. The number of hydrogen-bond donors (Lipinski definition) is 2. The lowest BCUT2D eigenvalue weighted by Gasteiger charge is -2.30. The molecule has 0 bridgehead atoms. The monoisotopic (exact) mass is 289 g/mol. The van der Waals surface area contributed by atoms with Crippen LogP contribution < -0.4 is 10.2 Å². The number of nitrogens with zero attached hydrogens (tertiary/aromatic N) is 3. The van der Waals surface area contributed by atoms with Gasteiger partial charge in [0.25, 0.3) is 0 Å².